The quantitative estimate of drug-likeness (QED) is 0.704. The lowest BCUT2D eigenvalue weighted by atomic mass is 10.4. The van der Waals surface area contributed by atoms with Gasteiger partial charge in [0.05, 0.1) is 23.7 Å². The molecule has 0 saturated carbocycles. The molecule has 3 nitrogen and oxygen atoms in total. The molecule has 1 N–H and O–H groups in total. The van der Waals surface area contributed by atoms with Crippen molar-refractivity contribution in [1.82, 2.24) is 5.32 Å². The van der Waals surface area contributed by atoms with E-state index in [1.165, 1.54) is 4.88 Å². The molecule has 0 aliphatic carbocycles. The number of hydrogen-bond acceptors (Lipinski definition) is 4. The van der Waals surface area contributed by atoms with E-state index in [1.807, 2.05) is 26.0 Å². The third-order valence-electron chi connectivity index (χ3n) is 2.17. The fraction of sp³-hybridized carbons (Fsp3) is 0.667. The molecule has 1 aromatic heterocycles. The molecule has 0 aliphatic heterocycles. The summed E-state index contributed by atoms with van der Waals surface area (Å²) in [5.41, 5.74) is 0. The van der Waals surface area contributed by atoms with Gasteiger partial charge in [-0.05, 0) is 26.0 Å². The molecule has 0 fully saturated rings. The molecule has 0 amide bonds. The van der Waals surface area contributed by atoms with Crippen LogP contribution in [0.3, 0.4) is 0 Å². The molecule has 17 heavy (non-hydrogen) atoms. The van der Waals surface area contributed by atoms with Gasteiger partial charge in [0, 0.05) is 24.6 Å². The molecular formula is C12H20ClNO2S. The molecule has 1 heterocycles. The summed E-state index contributed by atoms with van der Waals surface area (Å²) >= 11 is 7.45. The van der Waals surface area contributed by atoms with E-state index in [9.17, 15) is 0 Å². The van der Waals surface area contributed by atoms with Gasteiger partial charge >= 0.3 is 0 Å². The highest BCUT2D eigenvalue weighted by molar-refractivity contribution is 7.16. The number of nitrogens with one attached hydrogen (secondary N) is 1. The lowest BCUT2D eigenvalue weighted by Crippen LogP contribution is -2.23. The molecule has 1 rings (SSSR count). The molecule has 0 aromatic carbocycles. The normalized spacial score (nSPS) is 12.9. The van der Waals surface area contributed by atoms with Gasteiger partial charge in [0.25, 0.3) is 0 Å². The zero-order chi connectivity index (χ0) is 12.5. The highest BCUT2D eigenvalue weighted by atomic mass is 35.5. The van der Waals surface area contributed by atoms with Crippen molar-refractivity contribution >= 4 is 22.9 Å². The standard InChI is InChI=1S/C12H20ClNO2S/c1-3-15-9-10(2)16-7-6-14-8-11-4-5-12(13)17-11/h4-5,10,14H,3,6-9H2,1-2H3. The number of hydrogen-bond donors (Lipinski definition) is 1. The van der Waals surface area contributed by atoms with Gasteiger partial charge in [0.2, 0.25) is 0 Å². The highest BCUT2D eigenvalue weighted by Gasteiger charge is 2.01. The summed E-state index contributed by atoms with van der Waals surface area (Å²) in [7, 11) is 0. The molecular weight excluding hydrogens is 258 g/mol. The number of rotatable bonds is 9. The van der Waals surface area contributed by atoms with Crippen molar-refractivity contribution in [3.8, 4) is 0 Å². The molecule has 0 bridgehead atoms. The minimum Gasteiger partial charge on any atom is -0.379 e. The first kappa shape index (κ1) is 14.9. The van der Waals surface area contributed by atoms with Crippen molar-refractivity contribution in [2.75, 3.05) is 26.4 Å². The summed E-state index contributed by atoms with van der Waals surface area (Å²) in [6.07, 6.45) is 0.160. The van der Waals surface area contributed by atoms with Crippen LogP contribution in [0.15, 0.2) is 12.1 Å². The molecule has 0 radical (unpaired) electrons. The first-order valence-corrected chi connectivity index (χ1v) is 7.06. The van der Waals surface area contributed by atoms with Gasteiger partial charge in [0.1, 0.15) is 0 Å². The second-order valence-electron chi connectivity index (χ2n) is 3.72. The Bertz CT molecular complexity index is 306. The third kappa shape index (κ3) is 7.01. The molecule has 0 spiro atoms. The summed E-state index contributed by atoms with van der Waals surface area (Å²) in [6, 6.07) is 3.96. The van der Waals surface area contributed by atoms with E-state index in [1.54, 1.807) is 11.3 Å². The van der Waals surface area contributed by atoms with E-state index >= 15 is 0 Å². The van der Waals surface area contributed by atoms with E-state index < -0.39 is 0 Å². The van der Waals surface area contributed by atoms with Gasteiger partial charge in [-0.2, -0.15) is 0 Å². The summed E-state index contributed by atoms with van der Waals surface area (Å²) in [6.45, 7) is 7.80. The molecule has 0 saturated heterocycles. The smallest absolute Gasteiger partial charge is 0.0931 e. The molecule has 0 aliphatic rings. The monoisotopic (exact) mass is 277 g/mol. The summed E-state index contributed by atoms with van der Waals surface area (Å²) in [5, 5.41) is 3.31. The Morgan fingerprint density at radius 1 is 1.47 bits per heavy atom. The average molecular weight is 278 g/mol. The minimum absolute atomic E-state index is 0.160. The summed E-state index contributed by atoms with van der Waals surface area (Å²) < 4.78 is 11.7. The molecule has 98 valence electrons. The Morgan fingerprint density at radius 2 is 2.29 bits per heavy atom. The van der Waals surface area contributed by atoms with E-state index in [4.69, 9.17) is 21.1 Å². The van der Waals surface area contributed by atoms with Gasteiger partial charge in [0.15, 0.2) is 0 Å². The van der Waals surface area contributed by atoms with Crippen LogP contribution in [-0.2, 0) is 16.0 Å². The van der Waals surface area contributed by atoms with Crippen molar-refractivity contribution in [2.45, 2.75) is 26.5 Å². The lowest BCUT2D eigenvalue weighted by Gasteiger charge is -2.12. The Balaban J connectivity index is 1.97. The predicted molar refractivity (Wildman–Crippen MR) is 72.9 cm³/mol. The molecule has 5 heteroatoms. The van der Waals surface area contributed by atoms with Crippen LogP contribution < -0.4 is 5.32 Å². The first-order chi connectivity index (χ1) is 8.22. The van der Waals surface area contributed by atoms with Crippen LogP contribution >= 0.6 is 22.9 Å². The van der Waals surface area contributed by atoms with Crippen molar-refractivity contribution in [1.29, 1.82) is 0 Å². The lowest BCUT2D eigenvalue weighted by molar-refractivity contribution is -0.00193. The van der Waals surface area contributed by atoms with E-state index in [2.05, 4.69) is 5.32 Å². The topological polar surface area (TPSA) is 30.5 Å². The van der Waals surface area contributed by atoms with E-state index in [0.29, 0.717) is 13.2 Å². The fourth-order valence-corrected chi connectivity index (χ4v) is 2.38. The van der Waals surface area contributed by atoms with Crippen LogP contribution in [0, 0.1) is 0 Å². The van der Waals surface area contributed by atoms with Crippen molar-refractivity contribution in [3.05, 3.63) is 21.3 Å². The SMILES string of the molecule is CCOCC(C)OCCNCc1ccc(Cl)s1. The van der Waals surface area contributed by atoms with Crippen LogP contribution in [-0.4, -0.2) is 32.5 Å². The van der Waals surface area contributed by atoms with Gasteiger partial charge in [-0.1, -0.05) is 11.6 Å². The van der Waals surface area contributed by atoms with Crippen LogP contribution in [0.25, 0.3) is 0 Å². The Hall–Kier alpha value is -0.130. The minimum atomic E-state index is 0.160. The number of ether oxygens (including phenoxy) is 2. The largest absolute Gasteiger partial charge is 0.379 e. The maximum atomic E-state index is 5.84. The van der Waals surface area contributed by atoms with Gasteiger partial charge < -0.3 is 14.8 Å². The molecule has 1 aromatic rings. The first-order valence-electron chi connectivity index (χ1n) is 5.86. The second kappa shape index (κ2) is 8.89. The number of thiophene rings is 1. The zero-order valence-corrected chi connectivity index (χ0v) is 11.9. The maximum absolute atomic E-state index is 5.84. The van der Waals surface area contributed by atoms with Crippen molar-refractivity contribution in [3.63, 3.8) is 0 Å². The number of halogens is 1. The second-order valence-corrected chi connectivity index (χ2v) is 5.52. The van der Waals surface area contributed by atoms with Crippen molar-refractivity contribution in [2.24, 2.45) is 0 Å². The van der Waals surface area contributed by atoms with E-state index in [0.717, 1.165) is 24.0 Å². The van der Waals surface area contributed by atoms with Crippen LogP contribution in [0.2, 0.25) is 4.34 Å². The Labute approximate surface area is 112 Å². The van der Waals surface area contributed by atoms with Crippen LogP contribution in [0.4, 0.5) is 0 Å². The third-order valence-corrected chi connectivity index (χ3v) is 3.40. The zero-order valence-electron chi connectivity index (χ0n) is 10.4. The van der Waals surface area contributed by atoms with Gasteiger partial charge in [-0.15, -0.1) is 11.3 Å². The average Bonchev–Trinajstić information content (AvgIpc) is 2.72. The van der Waals surface area contributed by atoms with Crippen LogP contribution in [0.5, 0.6) is 0 Å². The fourth-order valence-electron chi connectivity index (χ4n) is 1.32. The summed E-state index contributed by atoms with van der Waals surface area (Å²) in [4.78, 5) is 1.25. The van der Waals surface area contributed by atoms with Gasteiger partial charge in [-0.25, -0.2) is 0 Å². The Kier molecular flexibility index (Phi) is 7.81. The van der Waals surface area contributed by atoms with Crippen molar-refractivity contribution < 1.29 is 9.47 Å². The van der Waals surface area contributed by atoms with Gasteiger partial charge in [-0.3, -0.25) is 0 Å². The predicted octanol–water partition coefficient (Wildman–Crippen LogP) is 2.93. The van der Waals surface area contributed by atoms with E-state index in [-0.39, 0.29) is 6.10 Å². The summed E-state index contributed by atoms with van der Waals surface area (Å²) in [5.74, 6) is 0. The maximum Gasteiger partial charge on any atom is 0.0931 e. The molecule has 1 unspecified atom stereocenters. The molecule has 1 atom stereocenters. The highest BCUT2D eigenvalue weighted by Crippen LogP contribution is 2.20. The van der Waals surface area contributed by atoms with Crippen LogP contribution in [0.1, 0.15) is 18.7 Å². The Morgan fingerprint density at radius 3 is 2.94 bits per heavy atom.